The fraction of sp³-hybridized carbons (Fsp3) is 0.571. The Hall–Kier alpha value is -0.900. The maximum atomic E-state index is 5.93. The molecule has 0 bridgehead atoms. The topological polar surface area (TPSA) is 38.5 Å². The Labute approximate surface area is 104 Å². The van der Waals surface area contributed by atoms with E-state index in [2.05, 4.69) is 35.2 Å². The van der Waals surface area contributed by atoms with Gasteiger partial charge in [0.25, 0.3) is 0 Å². The van der Waals surface area contributed by atoms with Crippen molar-refractivity contribution in [2.24, 2.45) is 11.7 Å². The van der Waals surface area contributed by atoms with Crippen molar-refractivity contribution >= 4 is 0 Å². The van der Waals surface area contributed by atoms with E-state index in [1.807, 2.05) is 0 Å². The zero-order valence-corrected chi connectivity index (χ0v) is 10.5. The first-order valence-corrected chi connectivity index (χ1v) is 6.33. The summed E-state index contributed by atoms with van der Waals surface area (Å²) in [6, 6.07) is 10.9. The van der Waals surface area contributed by atoms with Crippen molar-refractivity contribution in [1.29, 1.82) is 0 Å². The van der Waals surface area contributed by atoms with Gasteiger partial charge < -0.3 is 10.5 Å². The number of hydrogen-bond acceptors (Lipinski definition) is 3. The van der Waals surface area contributed by atoms with E-state index in [0.29, 0.717) is 18.5 Å². The SMILES string of the molecule is COCC1CCN(C(CN)c2ccccc2)C1. The van der Waals surface area contributed by atoms with E-state index in [1.54, 1.807) is 7.11 Å². The lowest BCUT2D eigenvalue weighted by molar-refractivity contribution is 0.147. The minimum atomic E-state index is 0.359. The van der Waals surface area contributed by atoms with Crippen molar-refractivity contribution in [2.45, 2.75) is 12.5 Å². The summed E-state index contributed by atoms with van der Waals surface area (Å²) in [6.07, 6.45) is 1.22. The first-order valence-electron chi connectivity index (χ1n) is 6.33. The van der Waals surface area contributed by atoms with Crippen LogP contribution in [-0.4, -0.2) is 38.3 Å². The van der Waals surface area contributed by atoms with Crippen LogP contribution in [0.25, 0.3) is 0 Å². The predicted octanol–water partition coefficient (Wildman–Crippen LogP) is 1.65. The molecule has 0 amide bonds. The number of hydrogen-bond donors (Lipinski definition) is 1. The maximum Gasteiger partial charge on any atom is 0.0503 e. The van der Waals surface area contributed by atoms with Gasteiger partial charge in [-0.05, 0) is 24.4 Å². The van der Waals surface area contributed by atoms with Gasteiger partial charge in [-0.2, -0.15) is 0 Å². The Morgan fingerprint density at radius 3 is 2.82 bits per heavy atom. The van der Waals surface area contributed by atoms with Crippen molar-refractivity contribution in [1.82, 2.24) is 4.90 Å². The molecule has 0 radical (unpaired) electrons. The fourth-order valence-electron chi connectivity index (χ4n) is 2.69. The Morgan fingerprint density at radius 2 is 2.18 bits per heavy atom. The van der Waals surface area contributed by atoms with E-state index < -0.39 is 0 Å². The summed E-state index contributed by atoms with van der Waals surface area (Å²) in [7, 11) is 1.78. The average molecular weight is 234 g/mol. The Kier molecular flexibility index (Phi) is 4.54. The number of rotatable bonds is 5. The quantitative estimate of drug-likeness (QED) is 0.842. The molecule has 0 aromatic heterocycles. The van der Waals surface area contributed by atoms with Crippen molar-refractivity contribution in [3.63, 3.8) is 0 Å². The zero-order chi connectivity index (χ0) is 12.1. The molecule has 0 saturated carbocycles. The van der Waals surface area contributed by atoms with Crippen molar-refractivity contribution in [2.75, 3.05) is 33.4 Å². The third kappa shape index (κ3) is 3.06. The van der Waals surface area contributed by atoms with Crippen LogP contribution in [0.1, 0.15) is 18.0 Å². The number of likely N-dealkylation sites (tertiary alicyclic amines) is 1. The van der Waals surface area contributed by atoms with Gasteiger partial charge >= 0.3 is 0 Å². The van der Waals surface area contributed by atoms with Gasteiger partial charge in [0.05, 0.1) is 6.61 Å². The highest BCUT2D eigenvalue weighted by atomic mass is 16.5. The fourth-order valence-corrected chi connectivity index (χ4v) is 2.69. The van der Waals surface area contributed by atoms with E-state index in [9.17, 15) is 0 Å². The molecule has 1 heterocycles. The Morgan fingerprint density at radius 1 is 1.41 bits per heavy atom. The van der Waals surface area contributed by atoms with Gasteiger partial charge in [0.1, 0.15) is 0 Å². The van der Waals surface area contributed by atoms with Gasteiger partial charge in [0.2, 0.25) is 0 Å². The van der Waals surface area contributed by atoms with Crippen LogP contribution in [0, 0.1) is 5.92 Å². The van der Waals surface area contributed by atoms with Crippen LogP contribution in [0.5, 0.6) is 0 Å². The third-order valence-corrected chi connectivity index (χ3v) is 3.57. The van der Waals surface area contributed by atoms with E-state index in [1.165, 1.54) is 12.0 Å². The number of benzene rings is 1. The van der Waals surface area contributed by atoms with Gasteiger partial charge in [-0.15, -0.1) is 0 Å². The lowest BCUT2D eigenvalue weighted by Crippen LogP contribution is -2.32. The summed E-state index contributed by atoms with van der Waals surface area (Å²) >= 11 is 0. The van der Waals surface area contributed by atoms with Gasteiger partial charge in [-0.3, -0.25) is 4.90 Å². The van der Waals surface area contributed by atoms with Crippen LogP contribution in [0.4, 0.5) is 0 Å². The molecular weight excluding hydrogens is 212 g/mol. The average Bonchev–Trinajstić information content (AvgIpc) is 2.81. The van der Waals surface area contributed by atoms with E-state index in [0.717, 1.165) is 19.7 Å². The number of nitrogens with zero attached hydrogens (tertiary/aromatic N) is 1. The highest BCUT2D eigenvalue weighted by Gasteiger charge is 2.28. The molecule has 0 aliphatic carbocycles. The normalized spacial score (nSPS) is 22.8. The summed E-state index contributed by atoms with van der Waals surface area (Å²) in [5, 5.41) is 0. The summed E-state index contributed by atoms with van der Waals surface area (Å²) < 4.78 is 5.24. The smallest absolute Gasteiger partial charge is 0.0503 e. The number of methoxy groups -OCH3 is 1. The molecule has 1 aliphatic rings. The molecule has 1 saturated heterocycles. The second kappa shape index (κ2) is 6.15. The van der Waals surface area contributed by atoms with Crippen LogP contribution in [-0.2, 0) is 4.74 Å². The molecule has 3 nitrogen and oxygen atoms in total. The van der Waals surface area contributed by atoms with Gasteiger partial charge in [-0.25, -0.2) is 0 Å². The molecule has 1 fully saturated rings. The molecule has 1 aliphatic heterocycles. The third-order valence-electron chi connectivity index (χ3n) is 3.57. The van der Waals surface area contributed by atoms with E-state index in [4.69, 9.17) is 10.5 Å². The van der Waals surface area contributed by atoms with Crippen LogP contribution in [0.2, 0.25) is 0 Å². The highest BCUT2D eigenvalue weighted by molar-refractivity contribution is 5.19. The molecule has 2 atom stereocenters. The Bertz CT molecular complexity index is 328. The molecule has 0 spiro atoms. The van der Waals surface area contributed by atoms with Crippen LogP contribution in [0.15, 0.2) is 30.3 Å². The Balaban J connectivity index is 2.01. The van der Waals surface area contributed by atoms with Gasteiger partial charge in [0.15, 0.2) is 0 Å². The van der Waals surface area contributed by atoms with Crippen LogP contribution in [0.3, 0.4) is 0 Å². The summed E-state index contributed by atoms with van der Waals surface area (Å²) in [5.74, 6) is 0.665. The second-order valence-corrected chi connectivity index (χ2v) is 4.77. The number of nitrogens with two attached hydrogens (primary N) is 1. The first kappa shape index (κ1) is 12.6. The summed E-state index contributed by atoms with van der Waals surface area (Å²) in [6.45, 7) is 3.78. The first-order chi connectivity index (χ1) is 8.35. The maximum absolute atomic E-state index is 5.93. The van der Waals surface area contributed by atoms with Crippen molar-refractivity contribution < 1.29 is 4.74 Å². The number of ether oxygens (including phenoxy) is 1. The summed E-state index contributed by atoms with van der Waals surface area (Å²) in [5.41, 5.74) is 7.26. The molecule has 3 heteroatoms. The molecule has 1 aromatic carbocycles. The van der Waals surface area contributed by atoms with Crippen LogP contribution >= 0.6 is 0 Å². The lowest BCUT2D eigenvalue weighted by atomic mass is 10.1. The van der Waals surface area contributed by atoms with E-state index in [-0.39, 0.29) is 0 Å². The molecule has 2 N–H and O–H groups in total. The minimum absolute atomic E-state index is 0.359. The van der Waals surface area contributed by atoms with Gasteiger partial charge in [-0.1, -0.05) is 30.3 Å². The second-order valence-electron chi connectivity index (χ2n) is 4.77. The highest BCUT2D eigenvalue weighted by Crippen LogP contribution is 2.26. The van der Waals surface area contributed by atoms with Crippen LogP contribution < -0.4 is 5.73 Å². The molecular formula is C14H22N2O. The predicted molar refractivity (Wildman–Crippen MR) is 69.8 cm³/mol. The zero-order valence-electron chi connectivity index (χ0n) is 10.5. The minimum Gasteiger partial charge on any atom is -0.384 e. The summed E-state index contributed by atoms with van der Waals surface area (Å²) in [4.78, 5) is 2.49. The molecule has 2 unspecified atom stereocenters. The van der Waals surface area contributed by atoms with Gasteiger partial charge in [0, 0.05) is 26.2 Å². The molecule has 94 valence electrons. The molecule has 1 aromatic rings. The largest absolute Gasteiger partial charge is 0.384 e. The molecule has 17 heavy (non-hydrogen) atoms. The van der Waals surface area contributed by atoms with E-state index >= 15 is 0 Å². The monoisotopic (exact) mass is 234 g/mol. The van der Waals surface area contributed by atoms with Crippen molar-refractivity contribution in [3.8, 4) is 0 Å². The standard InChI is InChI=1S/C14H22N2O/c1-17-11-12-7-8-16(10-12)14(9-15)13-5-3-2-4-6-13/h2-6,12,14H,7-11,15H2,1H3. The van der Waals surface area contributed by atoms with Crippen molar-refractivity contribution in [3.05, 3.63) is 35.9 Å². The molecule has 2 rings (SSSR count). The lowest BCUT2D eigenvalue weighted by Gasteiger charge is -2.27.